The maximum Gasteiger partial charge on any atom is 0.303 e. The zero-order valence-corrected chi connectivity index (χ0v) is 36.9. The molecule has 0 aromatic carbocycles. The van der Waals surface area contributed by atoms with Crippen LogP contribution in [0.25, 0.3) is 0 Å². The number of nitrogens with one attached hydrogen (secondary N) is 4. The second-order valence-electron chi connectivity index (χ2n) is 20.0. The molecule has 15 nitrogen and oxygen atoms in total. The van der Waals surface area contributed by atoms with Gasteiger partial charge < -0.3 is 20.9 Å². The third-order valence-electron chi connectivity index (χ3n) is 15.7. The van der Waals surface area contributed by atoms with Gasteiger partial charge in [0.2, 0.25) is 17.7 Å². The molecule has 6 atom stereocenters. The van der Waals surface area contributed by atoms with Gasteiger partial charge in [-0.2, -0.15) is 17.8 Å². The van der Waals surface area contributed by atoms with Gasteiger partial charge in [-0.25, -0.2) is 4.72 Å². The fourth-order valence-corrected chi connectivity index (χ4v) is 12.9. The van der Waals surface area contributed by atoms with Crippen molar-refractivity contribution in [1.29, 1.82) is 0 Å². The van der Waals surface area contributed by atoms with E-state index in [0.717, 1.165) is 57.1 Å². The minimum Gasteiger partial charge on any atom is -0.342 e. The van der Waals surface area contributed by atoms with Crippen LogP contribution in [0.1, 0.15) is 135 Å². The average Bonchev–Trinajstić information content (AvgIpc) is 3.56. The Labute approximate surface area is 349 Å². The molecule has 4 aliphatic carbocycles. The first-order chi connectivity index (χ1) is 27.7. The number of carbonyl (C=O) groups is 5. The highest BCUT2D eigenvalue weighted by Gasteiger charge is 2.85. The van der Waals surface area contributed by atoms with Crippen molar-refractivity contribution in [3.8, 4) is 0 Å². The van der Waals surface area contributed by atoms with Gasteiger partial charge in [-0.05, 0) is 86.0 Å². The Morgan fingerprint density at radius 2 is 1.63 bits per heavy atom. The minimum atomic E-state index is -4.12. The Morgan fingerprint density at radius 3 is 2.15 bits per heavy atom. The molecule has 4 saturated carbocycles. The van der Waals surface area contributed by atoms with Crippen LogP contribution in [0.5, 0.6) is 0 Å². The van der Waals surface area contributed by atoms with Crippen molar-refractivity contribution in [3.05, 3.63) is 30.1 Å². The van der Waals surface area contributed by atoms with Gasteiger partial charge in [0, 0.05) is 38.0 Å². The van der Waals surface area contributed by atoms with Crippen molar-refractivity contribution >= 4 is 39.7 Å². The molecule has 2 saturated heterocycles. The van der Waals surface area contributed by atoms with Gasteiger partial charge in [0.05, 0.1) is 5.69 Å². The first-order valence-electron chi connectivity index (χ1n) is 21.9. The van der Waals surface area contributed by atoms with E-state index in [0.29, 0.717) is 51.0 Å². The summed E-state index contributed by atoms with van der Waals surface area (Å²) in [6.07, 6.45) is 11.7. The van der Waals surface area contributed by atoms with Gasteiger partial charge >= 0.3 is 10.2 Å². The predicted molar refractivity (Wildman–Crippen MR) is 221 cm³/mol. The number of nitrogens with zero attached hydrogens (tertiary/aromatic N) is 4. The van der Waals surface area contributed by atoms with Crippen LogP contribution >= 0.6 is 0 Å². The molecule has 2 aliphatic heterocycles. The van der Waals surface area contributed by atoms with E-state index >= 15 is 4.79 Å². The summed E-state index contributed by atoms with van der Waals surface area (Å²) in [5, 5.41) is 13.5. The third-order valence-corrected chi connectivity index (χ3v) is 17.2. The molecular weight excluding hydrogens is 773 g/mol. The number of carbonyl (C=O) groups excluding carboxylic acids is 5. The van der Waals surface area contributed by atoms with E-state index < -0.39 is 74.7 Å². The van der Waals surface area contributed by atoms with Gasteiger partial charge in [-0.1, -0.05) is 73.3 Å². The van der Waals surface area contributed by atoms with E-state index in [1.807, 2.05) is 27.7 Å². The lowest BCUT2D eigenvalue weighted by molar-refractivity contribution is -0.145. The fraction of sp³-hybridized carbons (Fsp3) is 0.767. The van der Waals surface area contributed by atoms with Crippen LogP contribution in [-0.2, 0) is 42.9 Å². The number of amides is 5. The van der Waals surface area contributed by atoms with E-state index in [9.17, 15) is 27.6 Å². The number of likely N-dealkylation sites (tertiary alicyclic amines) is 1. The summed E-state index contributed by atoms with van der Waals surface area (Å²) in [7, 11) is -2.41. The van der Waals surface area contributed by atoms with Crippen LogP contribution in [0.15, 0.2) is 18.7 Å². The summed E-state index contributed by atoms with van der Waals surface area (Å²) in [6, 6.07) is -1.20. The van der Waals surface area contributed by atoms with Gasteiger partial charge in [-0.15, -0.1) is 6.58 Å². The largest absolute Gasteiger partial charge is 0.342 e. The molecule has 0 bridgehead atoms. The number of hydrogen-bond donors (Lipinski definition) is 4. The van der Waals surface area contributed by atoms with Crippen LogP contribution < -0.4 is 20.7 Å². The number of rotatable bonds is 13. The first-order valence-corrected chi connectivity index (χ1v) is 23.3. The van der Waals surface area contributed by atoms with Crippen LogP contribution in [-0.4, -0.2) is 100 Å². The number of fused-ring (bicyclic) bond motifs is 1. The molecule has 7 rings (SSSR count). The molecule has 59 heavy (non-hydrogen) atoms. The summed E-state index contributed by atoms with van der Waals surface area (Å²) in [5.41, 5.74) is -1.76. The number of hydrogen-bond acceptors (Lipinski definition) is 8. The lowest BCUT2D eigenvalue weighted by Crippen LogP contribution is -2.62. The monoisotopic (exact) mass is 838 g/mol. The van der Waals surface area contributed by atoms with E-state index in [-0.39, 0.29) is 28.6 Å². The molecule has 0 radical (unpaired) electrons. The molecule has 16 heteroatoms. The Hall–Kier alpha value is -3.79. The molecular formula is C43H66N8O7S. The zero-order chi connectivity index (χ0) is 42.9. The Kier molecular flexibility index (Phi) is 11.2. The molecule has 2 spiro atoms. The van der Waals surface area contributed by atoms with Gasteiger partial charge in [0.1, 0.15) is 29.4 Å². The quantitative estimate of drug-likeness (QED) is 0.217. The maximum atomic E-state index is 15.2. The van der Waals surface area contributed by atoms with Crippen LogP contribution in [0, 0.1) is 33.5 Å². The zero-order valence-electron chi connectivity index (χ0n) is 36.1. The Bertz CT molecular complexity index is 1990. The molecule has 1 unspecified atom stereocenters. The van der Waals surface area contributed by atoms with Gasteiger partial charge in [0.15, 0.2) is 0 Å². The first kappa shape index (κ1) is 43.3. The van der Waals surface area contributed by atoms with E-state index in [2.05, 4.69) is 46.2 Å². The summed E-state index contributed by atoms with van der Waals surface area (Å²) < 4.78 is 31.4. The molecule has 1 aromatic rings. The molecule has 3 heterocycles. The summed E-state index contributed by atoms with van der Waals surface area (Å²) in [5.74, 6) is -3.23. The molecule has 326 valence electrons. The standard InChI is InChI=1S/C43H66N8O7S/c1-9-28-24-43(28,38(56)48-59(57,58)50-21-14-15-22-50)46-35(53)31-25-42(40(6,7)41(42)19-16-20-41)26-51(31)37(55)33(39(3,4)5)45-36(54)32(27-17-12-11-13-18-27)44-34(52)30-23-29(10-2)47-49(30)8/h9,23,27-28,31-33H,1,10-22,24-26H2,2-8H3,(H,44,52)(H,45,54)(H,46,53)(H,48,56)/t28-,31+,32?,33-,42-,43-/m1/s1. The van der Waals surface area contributed by atoms with Crippen molar-refractivity contribution in [1.82, 2.24) is 39.7 Å². The lowest BCUT2D eigenvalue weighted by atomic mass is 9.73. The van der Waals surface area contributed by atoms with E-state index in [4.69, 9.17) is 0 Å². The second-order valence-corrected chi connectivity index (χ2v) is 21.7. The van der Waals surface area contributed by atoms with Crippen LogP contribution in [0.3, 0.4) is 0 Å². The van der Waals surface area contributed by atoms with E-state index in [1.54, 1.807) is 24.1 Å². The molecule has 6 fully saturated rings. The van der Waals surface area contributed by atoms with Gasteiger partial charge in [0.25, 0.3) is 11.8 Å². The van der Waals surface area contributed by atoms with Crippen LogP contribution in [0.2, 0.25) is 0 Å². The maximum absolute atomic E-state index is 15.2. The topological polar surface area (TPSA) is 192 Å². The number of aromatic nitrogens is 2. The molecule has 1 aromatic heterocycles. The smallest absolute Gasteiger partial charge is 0.303 e. The fourth-order valence-electron chi connectivity index (χ4n) is 11.6. The van der Waals surface area contributed by atoms with Crippen molar-refractivity contribution in [3.63, 3.8) is 0 Å². The second kappa shape index (κ2) is 15.3. The molecule has 6 aliphatic rings. The normalized spacial score (nSPS) is 29.6. The van der Waals surface area contributed by atoms with Crippen molar-refractivity contribution in [2.45, 2.75) is 149 Å². The lowest BCUT2D eigenvalue weighted by Gasteiger charge is -2.38. The van der Waals surface area contributed by atoms with Crippen LogP contribution in [0.4, 0.5) is 0 Å². The SMILES string of the molecule is C=C[C@@H]1C[C@]1(NC(=O)[C@@H]1C[C@@]2(CN1C(=O)[C@@H](NC(=O)C(NC(=O)c1cc(CC)nn1C)C1CCCCC1)C(C)(C)C)C(C)(C)C21CCC1)C(=O)NS(=O)(=O)N1CCCC1. The summed E-state index contributed by atoms with van der Waals surface area (Å²) in [6.45, 7) is 16.8. The third kappa shape index (κ3) is 7.21. The van der Waals surface area contributed by atoms with Crippen molar-refractivity contribution < 1.29 is 32.4 Å². The highest BCUT2D eigenvalue weighted by atomic mass is 32.2. The highest BCUT2D eigenvalue weighted by Crippen LogP contribution is 2.88. The van der Waals surface area contributed by atoms with Crippen molar-refractivity contribution in [2.24, 2.45) is 40.5 Å². The minimum absolute atomic E-state index is 0.0318. The Morgan fingerprint density at radius 1 is 0.966 bits per heavy atom. The van der Waals surface area contributed by atoms with Crippen molar-refractivity contribution in [2.75, 3.05) is 19.6 Å². The number of aryl methyl sites for hydroxylation is 2. The molecule has 4 N–H and O–H groups in total. The predicted octanol–water partition coefficient (Wildman–Crippen LogP) is 3.51. The Balaban J connectivity index is 1.16. The van der Waals surface area contributed by atoms with E-state index in [1.165, 1.54) is 8.99 Å². The summed E-state index contributed by atoms with van der Waals surface area (Å²) in [4.78, 5) is 73.8. The highest BCUT2D eigenvalue weighted by molar-refractivity contribution is 7.87. The average molecular weight is 839 g/mol. The van der Waals surface area contributed by atoms with Gasteiger partial charge in [-0.3, -0.25) is 28.7 Å². The molecule has 5 amide bonds. The summed E-state index contributed by atoms with van der Waals surface area (Å²) >= 11 is 0.